The van der Waals surface area contributed by atoms with E-state index >= 15 is 0 Å². The quantitative estimate of drug-likeness (QED) is 0.277. The monoisotopic (exact) mass is 493 g/mol. The number of hydrogen-bond donors (Lipinski definition) is 1. The van der Waals surface area contributed by atoms with Gasteiger partial charge in [-0.3, -0.25) is 14.2 Å². The number of anilines is 1. The van der Waals surface area contributed by atoms with E-state index in [1.54, 1.807) is 47.8 Å². The molecule has 4 rings (SSSR count). The molecule has 0 radical (unpaired) electrons. The molecule has 0 aliphatic heterocycles. The minimum absolute atomic E-state index is 0.000396. The van der Waals surface area contributed by atoms with Crippen molar-refractivity contribution >= 4 is 68.1 Å². The summed E-state index contributed by atoms with van der Waals surface area (Å²) < 4.78 is 16.1. The van der Waals surface area contributed by atoms with Crippen LogP contribution in [-0.2, 0) is 11.3 Å². The van der Waals surface area contributed by atoms with E-state index in [1.807, 2.05) is 0 Å². The summed E-state index contributed by atoms with van der Waals surface area (Å²) in [5.74, 6) is -0.714. The maximum absolute atomic E-state index is 14.2. The van der Waals surface area contributed by atoms with Crippen LogP contribution in [-0.4, -0.2) is 21.2 Å². The van der Waals surface area contributed by atoms with Crippen molar-refractivity contribution in [1.29, 1.82) is 0 Å². The highest BCUT2D eigenvalue weighted by atomic mass is 35.5. The van der Waals surface area contributed by atoms with Crippen molar-refractivity contribution in [2.45, 2.75) is 11.7 Å². The van der Waals surface area contributed by atoms with Crippen LogP contribution in [0.4, 0.5) is 10.1 Å². The minimum atomic E-state index is -0.408. The van der Waals surface area contributed by atoms with E-state index in [0.29, 0.717) is 36.7 Å². The lowest BCUT2D eigenvalue weighted by Gasteiger charge is -2.13. The highest BCUT2D eigenvalue weighted by molar-refractivity contribution is 7.99. The number of carbonyl (C=O) groups excluding carboxylic acids is 1. The van der Waals surface area contributed by atoms with Crippen molar-refractivity contribution in [3.8, 4) is 0 Å². The Morgan fingerprint density at radius 2 is 1.97 bits per heavy atom. The van der Waals surface area contributed by atoms with Gasteiger partial charge in [0.25, 0.3) is 5.56 Å². The summed E-state index contributed by atoms with van der Waals surface area (Å²) in [6.07, 6.45) is 0. The molecule has 0 spiro atoms. The second-order valence-corrected chi connectivity index (χ2v) is 9.15. The number of thiophene rings is 1. The molecule has 0 unspecified atom stereocenters. The molecule has 31 heavy (non-hydrogen) atoms. The van der Waals surface area contributed by atoms with Gasteiger partial charge in [0.05, 0.1) is 27.9 Å². The van der Waals surface area contributed by atoms with Crippen LogP contribution in [0.15, 0.2) is 63.9 Å². The lowest BCUT2D eigenvalue weighted by Crippen LogP contribution is -2.24. The normalized spacial score (nSPS) is 11.1. The molecule has 1 amide bonds. The highest BCUT2D eigenvalue weighted by Crippen LogP contribution is 2.26. The van der Waals surface area contributed by atoms with Crippen LogP contribution >= 0.6 is 46.3 Å². The van der Waals surface area contributed by atoms with Gasteiger partial charge in [-0.05, 0) is 35.7 Å². The first-order chi connectivity index (χ1) is 14.9. The van der Waals surface area contributed by atoms with Crippen LogP contribution in [0.2, 0.25) is 10.0 Å². The van der Waals surface area contributed by atoms with Crippen LogP contribution < -0.4 is 10.9 Å². The minimum Gasteiger partial charge on any atom is -0.325 e. The van der Waals surface area contributed by atoms with Crippen LogP contribution in [0, 0.1) is 5.82 Å². The van der Waals surface area contributed by atoms with Gasteiger partial charge in [-0.15, -0.1) is 11.3 Å². The predicted molar refractivity (Wildman–Crippen MR) is 125 cm³/mol. The molecule has 10 heteroatoms. The summed E-state index contributed by atoms with van der Waals surface area (Å²) in [4.78, 5) is 29.9. The number of carbonyl (C=O) groups is 1. The first-order valence-corrected chi connectivity index (χ1v) is 11.6. The van der Waals surface area contributed by atoms with Gasteiger partial charge in [0.15, 0.2) is 5.16 Å². The summed E-state index contributed by atoms with van der Waals surface area (Å²) >= 11 is 14.2. The number of aromatic nitrogens is 2. The number of thioether (sulfide) groups is 1. The summed E-state index contributed by atoms with van der Waals surface area (Å²) in [5, 5.41) is 5.56. The molecule has 0 saturated heterocycles. The Labute approximate surface area is 194 Å². The number of rotatable bonds is 6. The number of hydrogen-bond acceptors (Lipinski definition) is 5. The van der Waals surface area contributed by atoms with Crippen molar-refractivity contribution in [1.82, 2.24) is 9.55 Å². The van der Waals surface area contributed by atoms with Crippen molar-refractivity contribution < 1.29 is 9.18 Å². The molecule has 0 aliphatic carbocycles. The fourth-order valence-corrected chi connectivity index (χ4v) is 4.75. The molecule has 0 bridgehead atoms. The van der Waals surface area contributed by atoms with Gasteiger partial charge in [-0.1, -0.05) is 53.2 Å². The lowest BCUT2D eigenvalue weighted by atomic mass is 10.2. The number of fused-ring (bicyclic) bond motifs is 1. The molecule has 0 saturated carbocycles. The topological polar surface area (TPSA) is 64.0 Å². The summed E-state index contributed by atoms with van der Waals surface area (Å²) in [7, 11) is 0. The molecule has 0 fully saturated rings. The van der Waals surface area contributed by atoms with Crippen LogP contribution in [0.25, 0.3) is 10.2 Å². The van der Waals surface area contributed by atoms with Crippen LogP contribution in [0.5, 0.6) is 0 Å². The lowest BCUT2D eigenvalue weighted by molar-refractivity contribution is -0.113. The zero-order valence-corrected chi connectivity index (χ0v) is 18.9. The number of halogens is 3. The molecule has 0 aliphatic rings. The van der Waals surface area contributed by atoms with E-state index in [0.717, 1.165) is 11.8 Å². The SMILES string of the molecule is O=C(CSc1nc2ccsc2c(=O)n1Cc1ccccc1F)Nc1ccc(Cl)c(Cl)c1. The van der Waals surface area contributed by atoms with Gasteiger partial charge in [0, 0.05) is 11.3 Å². The molecule has 2 aromatic carbocycles. The van der Waals surface area contributed by atoms with E-state index in [2.05, 4.69) is 10.3 Å². The van der Waals surface area contributed by atoms with Gasteiger partial charge in [0.2, 0.25) is 5.91 Å². The average Bonchev–Trinajstić information content (AvgIpc) is 3.22. The fourth-order valence-electron chi connectivity index (χ4n) is 2.87. The third-order valence-corrected chi connectivity index (χ3v) is 6.96. The van der Waals surface area contributed by atoms with Gasteiger partial charge in [-0.2, -0.15) is 0 Å². The summed E-state index contributed by atoms with van der Waals surface area (Å²) in [5.41, 5.74) is 1.15. The summed E-state index contributed by atoms with van der Waals surface area (Å²) in [6.45, 7) is 0.0170. The van der Waals surface area contributed by atoms with E-state index in [9.17, 15) is 14.0 Å². The second-order valence-electron chi connectivity index (χ2n) is 6.48. The van der Waals surface area contributed by atoms with Gasteiger partial charge < -0.3 is 5.32 Å². The number of benzene rings is 2. The standard InChI is InChI=1S/C21H14Cl2FN3O2S2/c22-14-6-5-13(9-15(14)23)25-18(28)11-31-21-26-17-7-8-30-19(17)20(29)27(21)10-12-3-1-2-4-16(12)24/h1-9H,10-11H2,(H,25,28). The molecular formula is C21H14Cl2FN3O2S2. The number of nitrogens with one attached hydrogen (secondary N) is 1. The maximum atomic E-state index is 14.2. The van der Waals surface area contributed by atoms with E-state index in [4.69, 9.17) is 23.2 Å². The number of nitrogens with zero attached hydrogens (tertiary/aromatic N) is 2. The Balaban J connectivity index is 1.58. The van der Waals surface area contributed by atoms with Gasteiger partial charge >= 0.3 is 0 Å². The Morgan fingerprint density at radius 1 is 1.16 bits per heavy atom. The van der Waals surface area contributed by atoms with E-state index in [1.165, 1.54) is 22.0 Å². The van der Waals surface area contributed by atoms with E-state index < -0.39 is 5.82 Å². The van der Waals surface area contributed by atoms with Crippen molar-refractivity contribution in [3.05, 3.63) is 85.7 Å². The zero-order valence-electron chi connectivity index (χ0n) is 15.8. The molecule has 1 N–H and O–H groups in total. The molecule has 4 aromatic rings. The molecule has 5 nitrogen and oxygen atoms in total. The molecular weight excluding hydrogens is 480 g/mol. The second kappa shape index (κ2) is 9.40. The summed E-state index contributed by atoms with van der Waals surface area (Å²) in [6, 6.07) is 12.8. The molecule has 2 aromatic heterocycles. The first-order valence-electron chi connectivity index (χ1n) is 9.01. The van der Waals surface area contributed by atoms with Gasteiger partial charge in [-0.25, -0.2) is 9.37 Å². The third-order valence-electron chi connectivity index (χ3n) is 4.35. The average molecular weight is 494 g/mol. The Hall–Kier alpha value is -2.39. The number of amides is 1. The molecule has 0 atom stereocenters. The van der Waals surface area contributed by atoms with E-state index in [-0.39, 0.29) is 23.8 Å². The zero-order chi connectivity index (χ0) is 22.0. The smallest absolute Gasteiger partial charge is 0.272 e. The van der Waals surface area contributed by atoms with Gasteiger partial charge in [0.1, 0.15) is 10.5 Å². The largest absolute Gasteiger partial charge is 0.325 e. The highest BCUT2D eigenvalue weighted by Gasteiger charge is 2.16. The fraction of sp³-hybridized carbons (Fsp3) is 0.0952. The van der Waals surface area contributed by atoms with Crippen LogP contribution in [0.3, 0.4) is 0 Å². The van der Waals surface area contributed by atoms with Crippen molar-refractivity contribution in [2.24, 2.45) is 0 Å². The van der Waals surface area contributed by atoms with Crippen molar-refractivity contribution in [3.63, 3.8) is 0 Å². The Bertz CT molecular complexity index is 1340. The molecule has 158 valence electrons. The third kappa shape index (κ3) is 4.93. The molecule has 2 heterocycles. The maximum Gasteiger partial charge on any atom is 0.272 e. The Morgan fingerprint density at radius 3 is 2.74 bits per heavy atom. The van der Waals surface area contributed by atoms with Crippen molar-refractivity contribution in [2.75, 3.05) is 11.1 Å². The van der Waals surface area contributed by atoms with Crippen LogP contribution in [0.1, 0.15) is 5.56 Å². The first kappa shape index (κ1) is 21.8. The predicted octanol–water partition coefficient (Wildman–Crippen LogP) is 5.68. The Kier molecular flexibility index (Phi) is 6.62.